The number of carbonyl (C=O) groups excluding carboxylic acids is 4. The fourth-order valence-corrected chi connectivity index (χ4v) is 2.27. The number of amides is 3. The summed E-state index contributed by atoms with van der Waals surface area (Å²) in [5.74, 6) is -0.612. The topological polar surface area (TPSA) is 114 Å². The van der Waals surface area contributed by atoms with E-state index in [0.717, 1.165) is 5.56 Å². The third kappa shape index (κ3) is 11.5. The molecule has 0 atom stereocenters. The first-order valence-electron chi connectivity index (χ1n) is 9.67. The van der Waals surface area contributed by atoms with Crippen molar-refractivity contribution in [1.29, 1.82) is 0 Å². The van der Waals surface area contributed by atoms with Gasteiger partial charge in [-0.1, -0.05) is 29.8 Å². The molecule has 1 aromatic carbocycles. The monoisotopic (exact) mass is 405 g/mol. The fraction of sp³-hybridized carbons (Fsp3) is 0.524. The van der Waals surface area contributed by atoms with Gasteiger partial charge in [0.05, 0.1) is 6.54 Å². The zero-order chi connectivity index (χ0) is 21.9. The molecule has 0 bridgehead atoms. The number of hydrogen-bond acceptors (Lipinski definition) is 5. The summed E-state index contributed by atoms with van der Waals surface area (Å²) in [7, 11) is 0. The number of hydrogen-bond donors (Lipinski definition) is 3. The van der Waals surface area contributed by atoms with E-state index in [4.69, 9.17) is 4.74 Å². The number of nitrogens with one attached hydrogen (secondary N) is 3. The maximum Gasteiger partial charge on any atom is 0.408 e. The molecule has 29 heavy (non-hydrogen) atoms. The predicted octanol–water partition coefficient (Wildman–Crippen LogP) is 2.11. The van der Waals surface area contributed by atoms with E-state index < -0.39 is 11.7 Å². The third-order valence-corrected chi connectivity index (χ3v) is 3.74. The van der Waals surface area contributed by atoms with Crippen molar-refractivity contribution in [2.45, 2.75) is 52.6 Å². The summed E-state index contributed by atoms with van der Waals surface area (Å²) in [6.07, 6.45) is 0.163. The van der Waals surface area contributed by atoms with Gasteiger partial charge in [-0.15, -0.1) is 0 Å². The lowest BCUT2D eigenvalue weighted by atomic mass is 10.1. The van der Waals surface area contributed by atoms with Crippen molar-refractivity contribution in [1.82, 2.24) is 16.0 Å². The molecule has 0 heterocycles. The third-order valence-electron chi connectivity index (χ3n) is 3.74. The number of carbonyl (C=O) groups is 4. The Balaban J connectivity index is 2.09. The van der Waals surface area contributed by atoms with Crippen LogP contribution in [-0.2, 0) is 14.3 Å². The second-order valence-electron chi connectivity index (χ2n) is 7.70. The van der Waals surface area contributed by atoms with E-state index in [1.165, 1.54) is 0 Å². The predicted molar refractivity (Wildman–Crippen MR) is 110 cm³/mol. The Kier molecular flexibility index (Phi) is 9.85. The lowest BCUT2D eigenvalue weighted by Gasteiger charge is -2.19. The van der Waals surface area contributed by atoms with Gasteiger partial charge >= 0.3 is 6.09 Å². The average Bonchev–Trinajstić information content (AvgIpc) is 2.63. The van der Waals surface area contributed by atoms with E-state index in [-0.39, 0.29) is 37.0 Å². The highest BCUT2D eigenvalue weighted by atomic mass is 16.6. The Morgan fingerprint density at radius 3 is 2.03 bits per heavy atom. The van der Waals surface area contributed by atoms with Gasteiger partial charge in [0.25, 0.3) is 0 Å². The highest BCUT2D eigenvalue weighted by molar-refractivity contribution is 5.97. The van der Waals surface area contributed by atoms with Crippen LogP contribution in [0.2, 0.25) is 0 Å². The van der Waals surface area contributed by atoms with Crippen LogP contribution in [0.4, 0.5) is 4.79 Å². The molecule has 8 nitrogen and oxygen atoms in total. The lowest BCUT2D eigenvalue weighted by Crippen LogP contribution is -2.40. The van der Waals surface area contributed by atoms with Crippen molar-refractivity contribution in [2.24, 2.45) is 0 Å². The molecule has 0 radical (unpaired) electrons. The first-order valence-corrected chi connectivity index (χ1v) is 9.67. The maximum atomic E-state index is 12.0. The quantitative estimate of drug-likeness (QED) is 0.407. The van der Waals surface area contributed by atoms with E-state index in [9.17, 15) is 19.2 Å². The normalized spacial score (nSPS) is 10.8. The Morgan fingerprint density at radius 1 is 0.862 bits per heavy atom. The van der Waals surface area contributed by atoms with Crippen molar-refractivity contribution in [3.05, 3.63) is 35.4 Å². The minimum Gasteiger partial charge on any atom is -0.444 e. The van der Waals surface area contributed by atoms with Gasteiger partial charge in [0.15, 0.2) is 5.78 Å². The number of ketones is 1. The molecule has 160 valence electrons. The smallest absolute Gasteiger partial charge is 0.408 e. The molecule has 0 aromatic heterocycles. The Morgan fingerprint density at radius 2 is 1.45 bits per heavy atom. The molecule has 0 saturated carbocycles. The Hall–Kier alpha value is -2.90. The summed E-state index contributed by atoms with van der Waals surface area (Å²) in [5, 5.41) is 7.72. The first kappa shape index (κ1) is 24.1. The molecule has 0 aliphatic heterocycles. The van der Waals surface area contributed by atoms with E-state index in [2.05, 4.69) is 16.0 Å². The van der Waals surface area contributed by atoms with E-state index in [1.54, 1.807) is 32.9 Å². The van der Waals surface area contributed by atoms with Gasteiger partial charge in [-0.25, -0.2) is 4.79 Å². The van der Waals surface area contributed by atoms with Crippen molar-refractivity contribution >= 4 is 23.7 Å². The highest BCUT2D eigenvalue weighted by Gasteiger charge is 2.16. The van der Waals surface area contributed by atoms with Crippen molar-refractivity contribution in [3.63, 3.8) is 0 Å². The van der Waals surface area contributed by atoms with Crippen LogP contribution in [-0.4, -0.2) is 48.9 Å². The summed E-state index contributed by atoms with van der Waals surface area (Å²) >= 11 is 0. The number of alkyl carbamates (subject to hydrolysis) is 1. The van der Waals surface area contributed by atoms with E-state index in [1.807, 2.05) is 19.1 Å². The average molecular weight is 405 g/mol. The van der Waals surface area contributed by atoms with Crippen LogP contribution in [0.3, 0.4) is 0 Å². The molecule has 3 N–H and O–H groups in total. The number of Topliss-reactive ketones (excluding diaryl/α,β-unsaturated/α-hetero) is 1. The van der Waals surface area contributed by atoms with Crippen LogP contribution in [0.5, 0.6) is 0 Å². The molecule has 0 spiro atoms. The zero-order valence-corrected chi connectivity index (χ0v) is 17.6. The summed E-state index contributed by atoms with van der Waals surface area (Å²) in [4.78, 5) is 46.9. The summed E-state index contributed by atoms with van der Waals surface area (Å²) in [6.45, 7) is 7.72. The van der Waals surface area contributed by atoms with Crippen LogP contribution in [0.25, 0.3) is 0 Å². The molecule has 1 aromatic rings. The molecule has 1 rings (SSSR count). The molecular weight excluding hydrogens is 374 g/mol. The molecular formula is C21H31N3O5. The van der Waals surface area contributed by atoms with Gasteiger partial charge in [-0.3, -0.25) is 14.4 Å². The summed E-state index contributed by atoms with van der Waals surface area (Å²) in [6, 6.07) is 7.25. The van der Waals surface area contributed by atoms with Crippen LogP contribution < -0.4 is 16.0 Å². The van der Waals surface area contributed by atoms with E-state index >= 15 is 0 Å². The molecule has 8 heteroatoms. The van der Waals surface area contributed by atoms with Gasteiger partial charge < -0.3 is 20.7 Å². The largest absolute Gasteiger partial charge is 0.444 e. The van der Waals surface area contributed by atoms with Gasteiger partial charge in [0, 0.05) is 31.5 Å². The van der Waals surface area contributed by atoms with Crippen molar-refractivity contribution in [2.75, 3.05) is 19.6 Å². The maximum absolute atomic E-state index is 12.0. The van der Waals surface area contributed by atoms with Gasteiger partial charge in [-0.2, -0.15) is 0 Å². The summed E-state index contributed by atoms with van der Waals surface area (Å²) in [5.41, 5.74) is 1.06. The van der Waals surface area contributed by atoms with Gasteiger partial charge in [0.1, 0.15) is 5.60 Å². The Bertz CT molecular complexity index is 708. The molecule has 0 saturated heterocycles. The Labute approximate surface area is 171 Å². The molecule has 0 unspecified atom stereocenters. The van der Waals surface area contributed by atoms with Crippen LogP contribution >= 0.6 is 0 Å². The second kappa shape index (κ2) is 11.8. The number of benzene rings is 1. The zero-order valence-electron chi connectivity index (χ0n) is 17.6. The van der Waals surface area contributed by atoms with Crippen molar-refractivity contribution in [3.8, 4) is 0 Å². The number of aryl methyl sites for hydroxylation is 1. The second-order valence-corrected chi connectivity index (χ2v) is 7.70. The summed E-state index contributed by atoms with van der Waals surface area (Å²) < 4.78 is 5.03. The SMILES string of the molecule is Cc1ccc(C(=O)CCC(=O)NCCCNC(=O)CNC(=O)OC(C)(C)C)cc1. The van der Waals surface area contributed by atoms with Gasteiger partial charge in [-0.05, 0) is 34.1 Å². The number of ether oxygens (including phenoxy) is 1. The lowest BCUT2D eigenvalue weighted by molar-refractivity contribution is -0.121. The molecule has 0 fully saturated rings. The van der Waals surface area contributed by atoms with Gasteiger partial charge in [0.2, 0.25) is 11.8 Å². The minimum absolute atomic E-state index is 0.0649. The fourth-order valence-electron chi connectivity index (χ4n) is 2.27. The molecule has 0 aliphatic rings. The van der Waals surface area contributed by atoms with Crippen LogP contribution in [0.15, 0.2) is 24.3 Å². The van der Waals surface area contributed by atoms with Crippen molar-refractivity contribution < 1.29 is 23.9 Å². The molecule has 3 amide bonds. The van der Waals surface area contributed by atoms with Crippen LogP contribution in [0.1, 0.15) is 56.0 Å². The van der Waals surface area contributed by atoms with Crippen LogP contribution in [0, 0.1) is 6.92 Å². The highest BCUT2D eigenvalue weighted by Crippen LogP contribution is 2.08. The standard InChI is InChI=1S/C21H31N3O5/c1-15-6-8-16(9-7-15)17(25)10-11-18(26)22-12-5-13-23-19(27)14-24-20(28)29-21(2,3)4/h6-9H,5,10-14H2,1-4H3,(H,22,26)(H,23,27)(H,24,28). The number of rotatable bonds is 10. The van der Waals surface area contributed by atoms with E-state index in [0.29, 0.717) is 25.1 Å². The first-order chi connectivity index (χ1) is 13.6. The molecule has 0 aliphatic carbocycles. The minimum atomic E-state index is -0.653.